The third-order valence-electron chi connectivity index (χ3n) is 8.61. The molecule has 5 aromatic carbocycles. The minimum Gasteiger partial charge on any atom is -0.371 e. The monoisotopic (exact) mass is 577 g/mol. The van der Waals surface area contributed by atoms with Gasteiger partial charge in [-0.15, -0.1) is 0 Å². The lowest BCUT2D eigenvalue weighted by Gasteiger charge is -2.25. The Hall–Kier alpha value is -6.07. The third kappa shape index (κ3) is 4.28. The Bertz CT molecular complexity index is 2270. The van der Waals surface area contributed by atoms with Crippen molar-refractivity contribution in [2.24, 2.45) is 4.99 Å². The van der Waals surface area contributed by atoms with E-state index in [1.165, 1.54) is 10.8 Å². The van der Waals surface area contributed by atoms with E-state index < -0.39 is 0 Å². The number of benzene rings is 5. The average Bonchev–Trinajstić information content (AvgIpc) is 3.46. The van der Waals surface area contributed by atoms with Gasteiger partial charge in [0.1, 0.15) is 5.69 Å². The lowest BCUT2D eigenvalue weighted by atomic mass is 10.0. The summed E-state index contributed by atoms with van der Waals surface area (Å²) >= 11 is 0. The van der Waals surface area contributed by atoms with E-state index in [1.807, 2.05) is 36.4 Å². The lowest BCUT2D eigenvalue weighted by Crippen LogP contribution is -2.29. The molecule has 0 bridgehead atoms. The Morgan fingerprint density at radius 1 is 0.600 bits per heavy atom. The van der Waals surface area contributed by atoms with Crippen LogP contribution in [0.2, 0.25) is 0 Å². The molecule has 2 aliphatic rings. The zero-order chi connectivity index (χ0) is 29.7. The molecule has 1 N–H and O–H groups in total. The fourth-order valence-corrected chi connectivity index (χ4v) is 6.44. The molecule has 1 atom stereocenters. The Balaban J connectivity index is 1.21. The summed E-state index contributed by atoms with van der Waals surface area (Å²) < 4.78 is 2.34. The smallest absolute Gasteiger partial charge is 0.160 e. The van der Waals surface area contributed by atoms with Crippen molar-refractivity contribution in [3.63, 3.8) is 0 Å². The number of anilines is 1. The second kappa shape index (κ2) is 10.3. The summed E-state index contributed by atoms with van der Waals surface area (Å²) in [5.74, 6) is 0.710. The van der Waals surface area contributed by atoms with Gasteiger partial charge >= 0.3 is 0 Å². The van der Waals surface area contributed by atoms with Gasteiger partial charge in [0.05, 0.1) is 39.9 Å². The summed E-state index contributed by atoms with van der Waals surface area (Å²) in [6.45, 7) is 0. The first-order chi connectivity index (χ1) is 22.3. The molecular formula is C40H27N5. The quantitative estimate of drug-likeness (QED) is 0.227. The molecule has 7 aromatic rings. The Kier molecular flexibility index (Phi) is 5.81. The normalized spacial score (nSPS) is 15.0. The van der Waals surface area contributed by atoms with Gasteiger partial charge in [0, 0.05) is 33.2 Å². The highest BCUT2D eigenvalue weighted by Crippen LogP contribution is 2.44. The van der Waals surface area contributed by atoms with Crippen LogP contribution in [0.5, 0.6) is 0 Å². The van der Waals surface area contributed by atoms with E-state index >= 15 is 0 Å². The maximum atomic E-state index is 5.20. The third-order valence-corrected chi connectivity index (χ3v) is 8.61. The zero-order valence-corrected chi connectivity index (χ0v) is 24.3. The number of aliphatic imine (C=N–C) groups is 1. The molecule has 1 aliphatic heterocycles. The molecule has 0 fully saturated rings. The molecule has 3 heterocycles. The van der Waals surface area contributed by atoms with Gasteiger partial charge in [-0.05, 0) is 42.5 Å². The van der Waals surface area contributed by atoms with E-state index in [9.17, 15) is 0 Å². The van der Waals surface area contributed by atoms with Crippen molar-refractivity contribution in [1.82, 2.24) is 14.5 Å². The first-order valence-electron chi connectivity index (χ1n) is 15.2. The molecule has 9 rings (SSSR count). The van der Waals surface area contributed by atoms with Crippen LogP contribution in [0, 0.1) is 0 Å². The highest BCUT2D eigenvalue weighted by atomic mass is 15.1. The molecule has 1 unspecified atom stereocenters. The maximum absolute atomic E-state index is 5.20. The molecule has 0 amide bonds. The Morgan fingerprint density at radius 2 is 1.29 bits per heavy atom. The molecule has 0 radical (unpaired) electrons. The molecule has 5 nitrogen and oxygen atoms in total. The molecule has 212 valence electrons. The number of aromatic nitrogens is 3. The molecule has 0 saturated carbocycles. The number of hydrogen-bond donors (Lipinski definition) is 1. The van der Waals surface area contributed by atoms with Crippen molar-refractivity contribution in [2.45, 2.75) is 6.04 Å². The highest BCUT2D eigenvalue weighted by Gasteiger charge is 2.25. The number of nitrogens with one attached hydrogen (secondary N) is 1. The van der Waals surface area contributed by atoms with Crippen molar-refractivity contribution in [3.8, 4) is 39.6 Å². The van der Waals surface area contributed by atoms with E-state index in [0.717, 1.165) is 61.9 Å². The molecule has 1 aliphatic carbocycles. The number of allylic oxidation sites excluding steroid dienone is 2. The van der Waals surface area contributed by atoms with Crippen LogP contribution in [-0.2, 0) is 0 Å². The zero-order valence-electron chi connectivity index (χ0n) is 24.3. The summed E-state index contributed by atoms with van der Waals surface area (Å²) in [5, 5.41) is 6.08. The summed E-state index contributed by atoms with van der Waals surface area (Å²) in [5.41, 5.74) is 11.2. The topological polar surface area (TPSA) is 55.1 Å². The minimum atomic E-state index is 0.0893. The molecule has 2 aromatic heterocycles. The Morgan fingerprint density at radius 3 is 2.07 bits per heavy atom. The van der Waals surface area contributed by atoms with Crippen molar-refractivity contribution in [3.05, 3.63) is 152 Å². The largest absolute Gasteiger partial charge is 0.371 e. The van der Waals surface area contributed by atoms with E-state index in [0.29, 0.717) is 5.82 Å². The molecule has 0 saturated heterocycles. The standard InChI is InChI=1S/C40H27N5/c1-3-11-26(12-4-1)35-25-36(44-40(43-35)28-13-5-2-6-14-28)27-19-21-29(22-20-27)45-37-18-10-7-15-30(37)31-23-24-34-38(39(31)45)42-33-17-9-8-16-32(33)41-34/h1-25,32,41H. The molecule has 45 heavy (non-hydrogen) atoms. The van der Waals surface area contributed by atoms with Crippen molar-refractivity contribution < 1.29 is 0 Å². The van der Waals surface area contributed by atoms with Crippen molar-refractivity contribution in [1.29, 1.82) is 0 Å². The molecule has 0 spiro atoms. The fraction of sp³-hybridized carbons (Fsp3) is 0.0250. The maximum Gasteiger partial charge on any atom is 0.160 e. The van der Waals surface area contributed by atoms with Gasteiger partial charge in [-0.1, -0.05) is 109 Å². The summed E-state index contributed by atoms with van der Waals surface area (Å²) in [6.07, 6.45) is 8.37. The summed E-state index contributed by atoms with van der Waals surface area (Å²) in [7, 11) is 0. The number of para-hydroxylation sites is 1. The van der Waals surface area contributed by atoms with E-state index in [-0.39, 0.29) is 6.04 Å². The van der Waals surface area contributed by atoms with Gasteiger partial charge in [0.2, 0.25) is 0 Å². The Labute approximate surface area is 260 Å². The van der Waals surface area contributed by atoms with Crippen LogP contribution in [0.15, 0.2) is 157 Å². The number of nitrogens with zero attached hydrogens (tertiary/aromatic N) is 4. The predicted octanol–water partition coefficient (Wildman–Crippen LogP) is 9.57. The van der Waals surface area contributed by atoms with Crippen LogP contribution in [0.1, 0.15) is 0 Å². The van der Waals surface area contributed by atoms with Crippen LogP contribution in [0.4, 0.5) is 11.4 Å². The SMILES string of the molecule is C1=CC2=Nc3c(ccc4c5ccccc5n(-c5ccc(-c6cc(-c7ccccc7)nc(-c7ccccc7)n6)cc5)c34)NC2C=C1. The van der Waals surface area contributed by atoms with Crippen molar-refractivity contribution in [2.75, 3.05) is 5.32 Å². The summed E-state index contributed by atoms with van der Waals surface area (Å²) in [4.78, 5) is 15.2. The van der Waals surface area contributed by atoms with Gasteiger partial charge in [0.25, 0.3) is 0 Å². The predicted molar refractivity (Wildman–Crippen MR) is 185 cm³/mol. The highest BCUT2D eigenvalue weighted by molar-refractivity contribution is 6.18. The molecule has 5 heteroatoms. The number of fused-ring (bicyclic) bond motifs is 6. The van der Waals surface area contributed by atoms with E-state index in [1.54, 1.807) is 0 Å². The van der Waals surface area contributed by atoms with Gasteiger partial charge in [-0.25, -0.2) is 15.0 Å². The average molecular weight is 578 g/mol. The van der Waals surface area contributed by atoms with Gasteiger partial charge in [-0.3, -0.25) is 0 Å². The van der Waals surface area contributed by atoms with E-state index in [2.05, 4.69) is 125 Å². The summed E-state index contributed by atoms with van der Waals surface area (Å²) in [6, 6.07) is 44.3. The van der Waals surface area contributed by atoms with Crippen LogP contribution in [0.25, 0.3) is 61.4 Å². The first kappa shape index (κ1) is 25.4. The number of rotatable bonds is 4. The second-order valence-corrected chi connectivity index (χ2v) is 11.4. The molecular weight excluding hydrogens is 550 g/mol. The van der Waals surface area contributed by atoms with Gasteiger partial charge in [0.15, 0.2) is 5.82 Å². The van der Waals surface area contributed by atoms with Crippen LogP contribution in [-0.4, -0.2) is 26.3 Å². The van der Waals surface area contributed by atoms with Gasteiger partial charge < -0.3 is 9.88 Å². The van der Waals surface area contributed by atoms with Gasteiger partial charge in [-0.2, -0.15) is 0 Å². The second-order valence-electron chi connectivity index (χ2n) is 11.4. The van der Waals surface area contributed by atoms with Crippen molar-refractivity contribution >= 4 is 38.9 Å². The van der Waals surface area contributed by atoms with Crippen LogP contribution >= 0.6 is 0 Å². The number of hydrogen-bond acceptors (Lipinski definition) is 4. The lowest BCUT2D eigenvalue weighted by molar-refractivity contribution is 1.12. The van der Waals surface area contributed by atoms with E-state index in [4.69, 9.17) is 15.0 Å². The minimum absolute atomic E-state index is 0.0893. The van der Waals surface area contributed by atoms with Crippen LogP contribution in [0.3, 0.4) is 0 Å². The van der Waals surface area contributed by atoms with Crippen LogP contribution < -0.4 is 5.32 Å². The first-order valence-corrected chi connectivity index (χ1v) is 15.2. The fourth-order valence-electron chi connectivity index (χ4n) is 6.44.